The third-order valence-electron chi connectivity index (χ3n) is 3.17. The van der Waals surface area contributed by atoms with Crippen molar-refractivity contribution in [2.75, 3.05) is 0 Å². The largest absolute Gasteiger partial charge is 0.451 e. The van der Waals surface area contributed by atoms with E-state index in [0.717, 1.165) is 29.9 Å². The van der Waals surface area contributed by atoms with Crippen LogP contribution < -0.4 is 0 Å². The lowest BCUT2D eigenvalue weighted by molar-refractivity contribution is 0.638. The zero-order valence-electron chi connectivity index (χ0n) is 10.9. The van der Waals surface area contributed by atoms with Crippen LogP contribution in [0.5, 0.6) is 0 Å². The predicted octanol–water partition coefficient (Wildman–Crippen LogP) is 6.46. The van der Waals surface area contributed by atoms with Crippen molar-refractivity contribution >= 4 is 30.5 Å². The van der Waals surface area contributed by atoms with Crippen molar-refractivity contribution in [1.82, 2.24) is 0 Å². The van der Waals surface area contributed by atoms with Crippen LogP contribution in [0.1, 0.15) is 25.3 Å². The lowest BCUT2D eigenvalue weighted by Crippen LogP contribution is -1.84. The summed E-state index contributed by atoms with van der Waals surface area (Å²) in [5.74, 6) is 0.542. The fourth-order valence-corrected chi connectivity index (χ4v) is 3.23. The Bertz CT molecular complexity index is 713. The third kappa shape index (κ3) is 2.54. The van der Waals surface area contributed by atoms with Crippen molar-refractivity contribution in [1.29, 1.82) is 0 Å². The Morgan fingerprint density at radius 2 is 1.79 bits per heavy atom. The normalized spacial score (nSPS) is 11.8. The predicted molar refractivity (Wildman–Crippen MR) is 83.3 cm³/mol. The molecule has 1 nitrogen and oxygen atoms in total. The second-order valence-corrected chi connectivity index (χ2v) is 6.46. The van der Waals surface area contributed by atoms with Gasteiger partial charge in [0.25, 0.3) is 0 Å². The molecule has 19 heavy (non-hydrogen) atoms. The maximum Gasteiger partial charge on any atom is 0.161 e. The average molecular weight is 289 g/mol. The number of fused-ring (bicyclic) bond motifs is 1. The molecule has 0 radical (unpaired) electrons. The van der Waals surface area contributed by atoms with E-state index in [1.54, 1.807) is 0 Å². The lowest BCUT2D eigenvalue weighted by atomic mass is 10.0. The van der Waals surface area contributed by atoms with Crippen molar-refractivity contribution in [2.24, 2.45) is 0 Å². The van der Waals surface area contributed by atoms with Gasteiger partial charge in [0.2, 0.25) is 0 Å². The van der Waals surface area contributed by atoms with E-state index < -0.39 is 0 Å². The lowest BCUT2D eigenvalue weighted by Gasteiger charge is -2.03. The molecule has 3 aromatic rings. The highest BCUT2D eigenvalue weighted by Gasteiger charge is 2.08. The van der Waals surface area contributed by atoms with Gasteiger partial charge in [0.15, 0.2) is 5.49 Å². The zero-order valence-corrected chi connectivity index (χ0v) is 12.5. The molecule has 0 fully saturated rings. The molecule has 0 amide bonds. The van der Waals surface area contributed by atoms with Crippen LogP contribution in [0, 0.1) is 0 Å². The number of hydrogen-bond donors (Lipinski definition) is 0. The summed E-state index contributed by atoms with van der Waals surface area (Å²) in [6.07, 6.45) is 0. The van der Waals surface area contributed by atoms with Gasteiger partial charge in [-0.3, -0.25) is 0 Å². The van der Waals surface area contributed by atoms with Gasteiger partial charge in [0, 0.05) is 15.7 Å². The molecule has 0 unspecified atom stereocenters. The van der Waals surface area contributed by atoms with Crippen molar-refractivity contribution < 1.29 is 4.42 Å². The Balaban J connectivity index is 2.08. The van der Waals surface area contributed by atoms with Gasteiger partial charge in [-0.2, -0.15) is 0 Å². The van der Waals surface area contributed by atoms with Gasteiger partial charge in [0.05, 0.1) is 0 Å². The quantitative estimate of drug-likeness (QED) is 0.527. The Hall–Kier alpha value is -1.30. The minimum atomic E-state index is 0.542. The van der Waals surface area contributed by atoms with E-state index in [4.69, 9.17) is 16.0 Å². The summed E-state index contributed by atoms with van der Waals surface area (Å²) in [5, 5.41) is 2.00. The SMILES string of the molecule is CC(C)c1ccc2oc(-c3ccc(Cl)cc3)pc2c1. The number of rotatable bonds is 2. The molecule has 0 atom stereocenters. The van der Waals surface area contributed by atoms with Gasteiger partial charge in [0.1, 0.15) is 5.58 Å². The minimum Gasteiger partial charge on any atom is -0.451 e. The standard InChI is InChI=1S/C16H14ClOP/c1-10(2)12-5-8-14-15(9-12)19-16(18-14)11-3-6-13(17)7-4-11/h3-10H,1-2H3. The first-order valence-corrected chi connectivity index (χ1v) is 7.57. The molecule has 1 heterocycles. The van der Waals surface area contributed by atoms with Gasteiger partial charge in [-0.15, -0.1) is 0 Å². The van der Waals surface area contributed by atoms with Gasteiger partial charge >= 0.3 is 0 Å². The molecule has 0 spiro atoms. The number of hydrogen-bond acceptors (Lipinski definition) is 1. The van der Waals surface area contributed by atoms with Crippen LogP contribution in [0.15, 0.2) is 46.9 Å². The summed E-state index contributed by atoms with van der Waals surface area (Å²) in [6, 6.07) is 14.2. The number of benzene rings is 2. The molecular formula is C16H14ClOP. The van der Waals surface area contributed by atoms with Crippen LogP contribution in [0.2, 0.25) is 5.02 Å². The molecule has 2 aromatic carbocycles. The molecule has 0 saturated carbocycles. The van der Waals surface area contributed by atoms with Crippen LogP contribution in [0.3, 0.4) is 0 Å². The summed E-state index contributed by atoms with van der Waals surface area (Å²) in [6.45, 7) is 4.41. The first-order valence-electron chi connectivity index (χ1n) is 6.30. The molecule has 0 aliphatic carbocycles. The summed E-state index contributed by atoms with van der Waals surface area (Å²) in [4.78, 5) is 0. The molecule has 3 heteroatoms. The van der Waals surface area contributed by atoms with Crippen LogP contribution in [-0.4, -0.2) is 0 Å². The Kier molecular flexibility index (Phi) is 3.35. The maximum atomic E-state index is 5.93. The summed E-state index contributed by atoms with van der Waals surface area (Å²) in [5.41, 5.74) is 4.39. The smallest absolute Gasteiger partial charge is 0.161 e. The molecule has 0 aliphatic rings. The monoisotopic (exact) mass is 288 g/mol. The van der Waals surface area contributed by atoms with Crippen LogP contribution in [0.4, 0.5) is 0 Å². The molecule has 1 aromatic heterocycles. The summed E-state index contributed by atoms with van der Waals surface area (Å²) < 4.78 is 5.93. The fraction of sp³-hybridized carbons (Fsp3) is 0.188. The molecule has 0 aliphatic heterocycles. The molecule has 96 valence electrons. The van der Waals surface area contributed by atoms with Gasteiger partial charge in [-0.1, -0.05) is 31.5 Å². The summed E-state index contributed by atoms with van der Waals surface area (Å²) >= 11 is 5.91. The van der Waals surface area contributed by atoms with E-state index in [1.165, 1.54) is 10.7 Å². The summed E-state index contributed by atoms with van der Waals surface area (Å²) in [7, 11) is 1.13. The van der Waals surface area contributed by atoms with Crippen LogP contribution >= 0.6 is 19.8 Å². The fourth-order valence-electron chi connectivity index (χ4n) is 2.02. The maximum absolute atomic E-state index is 5.93. The average Bonchev–Trinajstić information content (AvgIpc) is 2.82. The Morgan fingerprint density at radius 1 is 1.05 bits per heavy atom. The van der Waals surface area contributed by atoms with Gasteiger partial charge in [-0.05, 0) is 56.1 Å². The molecule has 0 saturated heterocycles. The van der Waals surface area contributed by atoms with Crippen molar-refractivity contribution in [3.8, 4) is 11.1 Å². The van der Waals surface area contributed by atoms with E-state index in [1.807, 2.05) is 24.3 Å². The molecule has 0 bridgehead atoms. The Morgan fingerprint density at radius 3 is 2.47 bits per heavy atom. The van der Waals surface area contributed by atoms with Crippen LogP contribution in [-0.2, 0) is 0 Å². The van der Waals surface area contributed by atoms with Crippen molar-refractivity contribution in [2.45, 2.75) is 19.8 Å². The first kappa shape index (κ1) is 12.7. The molecule has 3 rings (SSSR count). The number of halogens is 1. The highest BCUT2D eigenvalue weighted by Crippen LogP contribution is 2.39. The van der Waals surface area contributed by atoms with E-state index in [0.29, 0.717) is 5.92 Å². The highest BCUT2D eigenvalue weighted by atomic mass is 35.5. The second kappa shape index (κ2) is 5.00. The second-order valence-electron chi connectivity index (χ2n) is 4.91. The van der Waals surface area contributed by atoms with E-state index in [9.17, 15) is 0 Å². The zero-order chi connectivity index (χ0) is 13.4. The van der Waals surface area contributed by atoms with Gasteiger partial charge in [-0.25, -0.2) is 0 Å². The van der Waals surface area contributed by atoms with E-state index in [-0.39, 0.29) is 0 Å². The Labute approximate surface area is 119 Å². The van der Waals surface area contributed by atoms with Crippen LogP contribution in [0.25, 0.3) is 21.8 Å². The topological polar surface area (TPSA) is 13.1 Å². The van der Waals surface area contributed by atoms with E-state index in [2.05, 4.69) is 32.0 Å². The van der Waals surface area contributed by atoms with E-state index >= 15 is 0 Å². The van der Waals surface area contributed by atoms with Crippen molar-refractivity contribution in [3.63, 3.8) is 0 Å². The molecular weight excluding hydrogens is 275 g/mol. The minimum absolute atomic E-state index is 0.542. The highest BCUT2D eigenvalue weighted by molar-refractivity contribution is 7.40. The molecule has 0 N–H and O–H groups in total. The van der Waals surface area contributed by atoms with Crippen molar-refractivity contribution in [3.05, 3.63) is 53.1 Å². The third-order valence-corrected chi connectivity index (χ3v) is 4.56. The first-order chi connectivity index (χ1) is 9.13. The van der Waals surface area contributed by atoms with Gasteiger partial charge < -0.3 is 4.42 Å².